The van der Waals surface area contributed by atoms with E-state index in [-0.39, 0.29) is 18.1 Å². The highest BCUT2D eigenvalue weighted by Crippen LogP contribution is 2.31. The first-order chi connectivity index (χ1) is 15.7. The number of fused-ring (bicyclic) bond motifs is 1. The Labute approximate surface area is 189 Å². The van der Waals surface area contributed by atoms with Crippen LogP contribution in [0.15, 0.2) is 66.7 Å². The molecule has 170 valence electrons. The van der Waals surface area contributed by atoms with E-state index in [1.807, 2.05) is 37.3 Å². The molecule has 0 saturated heterocycles. The first kappa shape index (κ1) is 22.4. The summed E-state index contributed by atoms with van der Waals surface area (Å²) < 4.78 is 38.5. The lowest BCUT2D eigenvalue weighted by atomic mass is 10.1. The molecular weight excluding hydrogens is 431 g/mol. The summed E-state index contributed by atoms with van der Waals surface area (Å²) in [4.78, 5) is 26.9. The van der Waals surface area contributed by atoms with Crippen LogP contribution in [0.2, 0.25) is 0 Å². The summed E-state index contributed by atoms with van der Waals surface area (Å²) in [5.74, 6) is -0.0823. The third-order valence-corrected chi connectivity index (χ3v) is 5.49. The fourth-order valence-electron chi connectivity index (χ4n) is 3.73. The molecule has 3 aromatic carbocycles. The molecule has 3 amide bonds. The second kappa shape index (κ2) is 8.97. The summed E-state index contributed by atoms with van der Waals surface area (Å²) in [7, 11) is 0. The highest BCUT2D eigenvalue weighted by Gasteiger charge is 2.30. The van der Waals surface area contributed by atoms with Gasteiger partial charge in [0.2, 0.25) is 0 Å². The summed E-state index contributed by atoms with van der Waals surface area (Å²) in [6.45, 7) is 2.70. The van der Waals surface area contributed by atoms with Crippen molar-refractivity contribution in [2.75, 3.05) is 16.8 Å². The van der Waals surface area contributed by atoms with E-state index in [4.69, 9.17) is 0 Å². The van der Waals surface area contributed by atoms with Gasteiger partial charge in [-0.1, -0.05) is 35.9 Å². The van der Waals surface area contributed by atoms with Crippen molar-refractivity contribution in [2.45, 2.75) is 26.1 Å². The zero-order valence-corrected chi connectivity index (χ0v) is 17.9. The quantitative estimate of drug-likeness (QED) is 0.545. The Morgan fingerprint density at radius 2 is 1.76 bits per heavy atom. The number of urea groups is 1. The molecule has 0 saturated carbocycles. The van der Waals surface area contributed by atoms with Gasteiger partial charge in [0, 0.05) is 30.0 Å². The van der Waals surface area contributed by atoms with Crippen molar-refractivity contribution >= 4 is 23.3 Å². The zero-order chi connectivity index (χ0) is 23.6. The van der Waals surface area contributed by atoms with Crippen LogP contribution < -0.4 is 15.5 Å². The van der Waals surface area contributed by atoms with Gasteiger partial charge >= 0.3 is 12.2 Å². The van der Waals surface area contributed by atoms with Gasteiger partial charge in [0.15, 0.2) is 0 Å². The van der Waals surface area contributed by atoms with Gasteiger partial charge in [-0.3, -0.25) is 4.79 Å². The van der Waals surface area contributed by atoms with Gasteiger partial charge in [0.25, 0.3) is 5.91 Å². The Bertz CT molecular complexity index is 1190. The van der Waals surface area contributed by atoms with Crippen molar-refractivity contribution in [3.8, 4) is 0 Å². The van der Waals surface area contributed by atoms with E-state index in [1.54, 1.807) is 17.0 Å². The second-order valence-electron chi connectivity index (χ2n) is 7.92. The Morgan fingerprint density at radius 3 is 2.48 bits per heavy atom. The van der Waals surface area contributed by atoms with Crippen LogP contribution in [-0.4, -0.2) is 18.5 Å². The van der Waals surface area contributed by atoms with Gasteiger partial charge in [-0.2, -0.15) is 13.2 Å². The predicted octanol–water partition coefficient (Wildman–Crippen LogP) is 5.54. The molecule has 1 aliphatic heterocycles. The number of carbonyl (C=O) groups excluding carboxylic acids is 2. The van der Waals surface area contributed by atoms with Crippen LogP contribution in [0.4, 0.5) is 29.3 Å². The molecule has 2 N–H and O–H groups in total. The third-order valence-electron chi connectivity index (χ3n) is 5.49. The normalized spacial score (nSPS) is 12.9. The standard InChI is InChI=1S/C25H22F3N3O2/c1-16-5-8-19(9-6-16)23(32)31-12-11-18-10-7-17(13-22(18)31)15-29-24(33)30-21-4-2-3-20(14-21)25(26,27)28/h2-10,13-14H,11-12,15H2,1H3,(H2,29,30,33). The number of aryl methyl sites for hydroxylation is 1. The van der Waals surface area contributed by atoms with Crippen molar-refractivity contribution in [3.63, 3.8) is 0 Å². The summed E-state index contributed by atoms with van der Waals surface area (Å²) >= 11 is 0. The fraction of sp³-hybridized carbons (Fsp3) is 0.200. The first-order valence-corrected chi connectivity index (χ1v) is 10.4. The summed E-state index contributed by atoms with van der Waals surface area (Å²) in [5, 5.41) is 5.06. The molecule has 0 unspecified atom stereocenters. The number of rotatable bonds is 4. The number of alkyl halides is 3. The van der Waals surface area contributed by atoms with E-state index in [1.165, 1.54) is 12.1 Å². The maximum absolute atomic E-state index is 13.0. The summed E-state index contributed by atoms with van der Waals surface area (Å²) in [6, 6.07) is 16.9. The summed E-state index contributed by atoms with van der Waals surface area (Å²) in [6.07, 6.45) is -3.74. The highest BCUT2D eigenvalue weighted by atomic mass is 19.4. The minimum atomic E-state index is -4.49. The van der Waals surface area contributed by atoms with E-state index < -0.39 is 17.8 Å². The first-order valence-electron chi connectivity index (χ1n) is 10.4. The Kier molecular flexibility index (Phi) is 6.09. The van der Waals surface area contributed by atoms with E-state index in [0.717, 1.165) is 40.9 Å². The monoisotopic (exact) mass is 453 g/mol. The van der Waals surface area contributed by atoms with Crippen molar-refractivity contribution in [2.24, 2.45) is 0 Å². The number of anilines is 2. The number of nitrogens with one attached hydrogen (secondary N) is 2. The number of halogens is 3. The molecule has 0 fully saturated rings. The molecule has 8 heteroatoms. The molecule has 0 aromatic heterocycles. The maximum atomic E-state index is 13.0. The molecule has 0 aliphatic carbocycles. The number of hydrogen-bond donors (Lipinski definition) is 2. The van der Waals surface area contributed by atoms with Crippen molar-refractivity contribution in [1.29, 1.82) is 0 Å². The lowest BCUT2D eigenvalue weighted by molar-refractivity contribution is -0.137. The number of hydrogen-bond acceptors (Lipinski definition) is 2. The molecule has 0 spiro atoms. The van der Waals surface area contributed by atoms with Crippen LogP contribution in [0.25, 0.3) is 0 Å². The van der Waals surface area contributed by atoms with Crippen LogP contribution in [0.1, 0.15) is 32.6 Å². The molecule has 0 atom stereocenters. The smallest absolute Gasteiger partial charge is 0.334 e. The fourth-order valence-corrected chi connectivity index (χ4v) is 3.73. The highest BCUT2D eigenvalue weighted by molar-refractivity contribution is 6.07. The average Bonchev–Trinajstić information content (AvgIpc) is 3.20. The predicted molar refractivity (Wildman–Crippen MR) is 120 cm³/mol. The lowest BCUT2D eigenvalue weighted by Crippen LogP contribution is -2.29. The number of carbonyl (C=O) groups is 2. The average molecular weight is 453 g/mol. The van der Waals surface area contributed by atoms with Crippen LogP contribution in [0.5, 0.6) is 0 Å². The van der Waals surface area contributed by atoms with Gasteiger partial charge in [-0.15, -0.1) is 0 Å². The second-order valence-corrected chi connectivity index (χ2v) is 7.92. The van der Waals surface area contributed by atoms with E-state index in [0.29, 0.717) is 12.1 Å². The van der Waals surface area contributed by atoms with Gasteiger partial charge in [-0.05, 0) is 60.9 Å². The summed E-state index contributed by atoms with van der Waals surface area (Å²) in [5.41, 5.74) is 3.52. The van der Waals surface area contributed by atoms with Gasteiger partial charge in [0.1, 0.15) is 0 Å². The number of amides is 3. The van der Waals surface area contributed by atoms with Crippen molar-refractivity contribution in [1.82, 2.24) is 5.32 Å². The van der Waals surface area contributed by atoms with Crippen molar-refractivity contribution in [3.05, 3.63) is 94.5 Å². The zero-order valence-electron chi connectivity index (χ0n) is 17.9. The molecule has 0 radical (unpaired) electrons. The largest absolute Gasteiger partial charge is 0.416 e. The number of nitrogens with zero attached hydrogens (tertiary/aromatic N) is 1. The van der Waals surface area contributed by atoms with Crippen LogP contribution >= 0.6 is 0 Å². The minimum absolute atomic E-state index is 0.0474. The minimum Gasteiger partial charge on any atom is -0.334 e. The molecule has 1 heterocycles. The Hall–Kier alpha value is -3.81. The van der Waals surface area contributed by atoms with Crippen LogP contribution in [-0.2, 0) is 19.1 Å². The van der Waals surface area contributed by atoms with E-state index >= 15 is 0 Å². The van der Waals surface area contributed by atoms with Crippen LogP contribution in [0, 0.1) is 6.92 Å². The molecule has 1 aliphatic rings. The van der Waals surface area contributed by atoms with Gasteiger partial charge in [0.05, 0.1) is 5.56 Å². The SMILES string of the molecule is Cc1ccc(C(=O)N2CCc3ccc(CNC(=O)Nc4cccc(C(F)(F)F)c4)cc32)cc1. The topological polar surface area (TPSA) is 61.4 Å². The molecule has 0 bridgehead atoms. The molecule has 3 aromatic rings. The van der Waals surface area contributed by atoms with Gasteiger partial charge in [-0.25, -0.2) is 4.79 Å². The molecule has 4 rings (SSSR count). The van der Waals surface area contributed by atoms with Crippen LogP contribution in [0.3, 0.4) is 0 Å². The molecule has 5 nitrogen and oxygen atoms in total. The van der Waals surface area contributed by atoms with Crippen molar-refractivity contribution < 1.29 is 22.8 Å². The molecule has 33 heavy (non-hydrogen) atoms. The maximum Gasteiger partial charge on any atom is 0.416 e. The molecular formula is C25H22F3N3O2. The Balaban J connectivity index is 1.41. The van der Waals surface area contributed by atoms with E-state index in [2.05, 4.69) is 10.6 Å². The Morgan fingerprint density at radius 1 is 1.00 bits per heavy atom. The lowest BCUT2D eigenvalue weighted by Gasteiger charge is -2.18. The van der Waals surface area contributed by atoms with E-state index in [9.17, 15) is 22.8 Å². The number of benzene rings is 3. The third kappa shape index (κ3) is 5.16. The van der Waals surface area contributed by atoms with Gasteiger partial charge < -0.3 is 15.5 Å².